The summed E-state index contributed by atoms with van der Waals surface area (Å²) in [6, 6.07) is 16.8. The Bertz CT molecular complexity index is 1040. The maximum Gasteiger partial charge on any atom is 0.241 e. The first-order valence-electron chi connectivity index (χ1n) is 11.0. The normalized spacial score (nSPS) is 17.8. The van der Waals surface area contributed by atoms with E-state index in [0.29, 0.717) is 39.1 Å². The number of nitrogens with zero attached hydrogens (tertiary/aromatic N) is 2. The Kier molecular flexibility index (Phi) is 8.44. The van der Waals surface area contributed by atoms with E-state index in [1.165, 1.54) is 10.6 Å². The number of benzene rings is 2. The van der Waals surface area contributed by atoms with E-state index in [9.17, 15) is 13.2 Å². The van der Waals surface area contributed by atoms with Crippen LogP contribution in [-0.4, -0.2) is 64.0 Å². The van der Waals surface area contributed by atoms with E-state index in [1.54, 1.807) is 11.2 Å². The molecule has 180 valence electrons. The second-order valence-corrected chi connectivity index (χ2v) is 10.4. The number of likely N-dealkylation sites (tertiary alicyclic amines) is 1. The number of carbonyl (C=O) groups is 1. The van der Waals surface area contributed by atoms with Crippen LogP contribution in [0.5, 0.6) is 0 Å². The number of ether oxygens (including phenoxy) is 1. The number of anilines is 1. The summed E-state index contributed by atoms with van der Waals surface area (Å²) in [4.78, 5) is 14.6. The molecule has 1 amide bonds. The third kappa shape index (κ3) is 5.71. The molecule has 2 aliphatic rings. The SMILES string of the molecule is CS.CS(=O)(=O)N1CC2(CCN(C(=O)C(N)COCc3ccccc3)CC2)c2ccccc21. The summed E-state index contributed by atoms with van der Waals surface area (Å²) in [5, 5.41) is 0. The maximum atomic E-state index is 12.8. The molecule has 2 aromatic carbocycles. The minimum absolute atomic E-state index is 0.117. The van der Waals surface area contributed by atoms with Crippen molar-refractivity contribution in [2.45, 2.75) is 30.9 Å². The third-order valence-corrected chi connectivity index (χ3v) is 7.48. The molecular weight excluding hydrogens is 458 g/mol. The predicted molar refractivity (Wildman–Crippen MR) is 135 cm³/mol. The van der Waals surface area contributed by atoms with Gasteiger partial charge in [0.25, 0.3) is 0 Å². The van der Waals surface area contributed by atoms with Crippen molar-refractivity contribution in [2.75, 3.05) is 43.1 Å². The van der Waals surface area contributed by atoms with E-state index in [4.69, 9.17) is 10.5 Å². The molecule has 0 radical (unpaired) electrons. The van der Waals surface area contributed by atoms with E-state index < -0.39 is 16.1 Å². The summed E-state index contributed by atoms with van der Waals surface area (Å²) in [5.74, 6) is -0.117. The molecule has 2 heterocycles. The van der Waals surface area contributed by atoms with Crippen LogP contribution in [0.25, 0.3) is 0 Å². The van der Waals surface area contributed by atoms with Crippen LogP contribution in [-0.2, 0) is 31.6 Å². The lowest BCUT2D eigenvalue weighted by Gasteiger charge is -2.40. The van der Waals surface area contributed by atoms with Gasteiger partial charge in [0, 0.05) is 25.0 Å². The first kappa shape index (κ1) is 25.6. The number of thiol groups is 1. The zero-order valence-electron chi connectivity index (χ0n) is 19.2. The molecular formula is C24H33N3O4S2. The van der Waals surface area contributed by atoms with Crippen LogP contribution in [0.3, 0.4) is 0 Å². The van der Waals surface area contributed by atoms with Gasteiger partial charge in [0.1, 0.15) is 6.04 Å². The average molecular weight is 492 g/mol. The third-order valence-electron chi connectivity index (χ3n) is 6.35. The van der Waals surface area contributed by atoms with Crippen molar-refractivity contribution in [1.82, 2.24) is 4.90 Å². The zero-order chi connectivity index (χ0) is 24.1. The molecule has 1 spiro atoms. The highest BCUT2D eigenvalue weighted by atomic mass is 32.2. The molecule has 4 rings (SSSR count). The van der Waals surface area contributed by atoms with E-state index >= 15 is 0 Å². The molecule has 33 heavy (non-hydrogen) atoms. The van der Waals surface area contributed by atoms with Gasteiger partial charge in [0.2, 0.25) is 15.9 Å². The molecule has 0 saturated carbocycles. The van der Waals surface area contributed by atoms with E-state index in [0.717, 1.165) is 16.8 Å². The van der Waals surface area contributed by atoms with Crippen LogP contribution in [0.15, 0.2) is 54.6 Å². The summed E-state index contributed by atoms with van der Waals surface area (Å²) in [6.07, 6.45) is 4.36. The molecule has 2 aromatic rings. The van der Waals surface area contributed by atoms with Gasteiger partial charge in [0.15, 0.2) is 0 Å². The summed E-state index contributed by atoms with van der Waals surface area (Å²) < 4.78 is 31.8. The Morgan fingerprint density at radius 3 is 2.33 bits per heavy atom. The maximum absolute atomic E-state index is 12.8. The summed E-state index contributed by atoms with van der Waals surface area (Å²) >= 11 is 3.53. The summed E-state index contributed by atoms with van der Waals surface area (Å²) in [7, 11) is -3.35. The molecule has 0 aromatic heterocycles. The number of carbonyl (C=O) groups excluding carboxylic acids is 1. The average Bonchev–Trinajstić information content (AvgIpc) is 3.16. The second kappa shape index (κ2) is 10.9. The fourth-order valence-electron chi connectivity index (χ4n) is 4.65. The van der Waals surface area contributed by atoms with Crippen LogP contribution in [0.1, 0.15) is 24.0 Å². The van der Waals surface area contributed by atoms with Gasteiger partial charge in [-0.2, -0.15) is 12.6 Å². The number of para-hydroxylation sites is 1. The fourth-order valence-corrected chi connectivity index (χ4v) is 5.65. The Labute approximate surface area is 202 Å². The van der Waals surface area contributed by atoms with Crippen LogP contribution >= 0.6 is 12.6 Å². The molecule has 0 aliphatic carbocycles. The number of sulfonamides is 1. The molecule has 1 atom stereocenters. The lowest BCUT2D eigenvalue weighted by molar-refractivity contribution is -0.135. The Morgan fingerprint density at radius 2 is 1.70 bits per heavy atom. The van der Waals surface area contributed by atoms with Gasteiger partial charge in [-0.25, -0.2) is 8.42 Å². The molecule has 1 unspecified atom stereocenters. The fraction of sp³-hybridized carbons (Fsp3) is 0.458. The highest BCUT2D eigenvalue weighted by Gasteiger charge is 2.47. The molecule has 9 heteroatoms. The number of nitrogens with two attached hydrogens (primary N) is 1. The smallest absolute Gasteiger partial charge is 0.241 e. The van der Waals surface area contributed by atoms with Gasteiger partial charge in [-0.15, -0.1) is 0 Å². The van der Waals surface area contributed by atoms with Crippen molar-refractivity contribution in [3.05, 3.63) is 65.7 Å². The van der Waals surface area contributed by atoms with Gasteiger partial charge in [-0.3, -0.25) is 9.10 Å². The highest BCUT2D eigenvalue weighted by molar-refractivity contribution is 7.92. The molecule has 7 nitrogen and oxygen atoms in total. The zero-order valence-corrected chi connectivity index (χ0v) is 20.9. The summed E-state index contributed by atoms with van der Waals surface area (Å²) in [6.45, 7) is 2.12. The highest BCUT2D eigenvalue weighted by Crippen LogP contribution is 2.47. The summed E-state index contributed by atoms with van der Waals surface area (Å²) in [5.41, 5.74) is 8.71. The van der Waals surface area contributed by atoms with Crippen LogP contribution in [0, 0.1) is 0 Å². The van der Waals surface area contributed by atoms with Crippen LogP contribution in [0.4, 0.5) is 5.69 Å². The van der Waals surface area contributed by atoms with E-state index in [2.05, 4.69) is 12.6 Å². The molecule has 2 N–H and O–H groups in total. The number of amides is 1. The molecule has 1 saturated heterocycles. The lowest BCUT2D eigenvalue weighted by Crippen LogP contribution is -2.52. The minimum Gasteiger partial charge on any atom is -0.375 e. The lowest BCUT2D eigenvalue weighted by atomic mass is 9.74. The quantitative estimate of drug-likeness (QED) is 0.606. The van der Waals surface area contributed by atoms with Gasteiger partial charge in [-0.1, -0.05) is 48.5 Å². The number of fused-ring (bicyclic) bond motifs is 2. The molecule has 2 aliphatic heterocycles. The minimum atomic E-state index is -3.35. The van der Waals surface area contributed by atoms with Crippen molar-refractivity contribution in [2.24, 2.45) is 5.73 Å². The van der Waals surface area contributed by atoms with Crippen LogP contribution < -0.4 is 10.0 Å². The van der Waals surface area contributed by atoms with Crippen molar-refractivity contribution in [1.29, 1.82) is 0 Å². The second-order valence-electron chi connectivity index (χ2n) is 8.50. The Morgan fingerprint density at radius 1 is 1.09 bits per heavy atom. The van der Waals surface area contributed by atoms with Crippen molar-refractivity contribution in [3.63, 3.8) is 0 Å². The van der Waals surface area contributed by atoms with Crippen LogP contribution in [0.2, 0.25) is 0 Å². The number of hydrogen-bond donors (Lipinski definition) is 2. The first-order chi connectivity index (χ1) is 15.8. The Balaban J connectivity index is 0.00000149. The number of piperidine rings is 1. The predicted octanol–water partition coefficient (Wildman–Crippen LogP) is 2.42. The van der Waals surface area contributed by atoms with Gasteiger partial charge >= 0.3 is 0 Å². The number of rotatable bonds is 6. The molecule has 0 bridgehead atoms. The van der Waals surface area contributed by atoms with Crippen molar-refractivity contribution >= 4 is 34.2 Å². The Hall–Kier alpha value is -2.07. The molecule has 1 fully saturated rings. The van der Waals surface area contributed by atoms with Gasteiger partial charge < -0.3 is 15.4 Å². The first-order valence-corrected chi connectivity index (χ1v) is 13.7. The monoisotopic (exact) mass is 491 g/mol. The van der Waals surface area contributed by atoms with Crippen molar-refractivity contribution < 1.29 is 17.9 Å². The van der Waals surface area contributed by atoms with E-state index in [-0.39, 0.29) is 17.9 Å². The van der Waals surface area contributed by atoms with Crippen molar-refractivity contribution in [3.8, 4) is 0 Å². The topological polar surface area (TPSA) is 92.9 Å². The largest absolute Gasteiger partial charge is 0.375 e. The standard InChI is InChI=1S/C23H29N3O4S.CH4S/c1-31(28,29)26-17-23(19-9-5-6-10-21(19)26)11-13-25(14-12-23)22(27)20(24)16-30-15-18-7-3-2-4-8-18;1-2/h2-10,20H,11-17,24H2,1H3;2H,1H3. The van der Waals surface area contributed by atoms with Gasteiger partial charge in [-0.05, 0) is 36.3 Å². The number of hydrogen-bond acceptors (Lipinski definition) is 6. The van der Waals surface area contributed by atoms with E-state index in [1.807, 2.05) is 54.6 Å². The van der Waals surface area contributed by atoms with Gasteiger partial charge in [0.05, 0.1) is 25.2 Å².